The zero-order valence-electron chi connectivity index (χ0n) is 11.1. The number of rotatable bonds is 7. The predicted octanol–water partition coefficient (Wildman–Crippen LogP) is 1.83. The van der Waals surface area contributed by atoms with Gasteiger partial charge in [-0.25, -0.2) is 4.98 Å². The SMILES string of the molecule is CC(C)CCNc1ccc(NC(=O)CCN)nc1. The molecule has 18 heavy (non-hydrogen) atoms. The van der Waals surface area contributed by atoms with Crippen LogP contribution in [0.4, 0.5) is 11.5 Å². The molecule has 0 aromatic carbocycles. The minimum Gasteiger partial charge on any atom is -0.384 e. The van der Waals surface area contributed by atoms with Crippen LogP contribution in [0, 0.1) is 5.92 Å². The first-order valence-electron chi connectivity index (χ1n) is 6.31. The maximum Gasteiger partial charge on any atom is 0.226 e. The average Bonchev–Trinajstić information content (AvgIpc) is 2.31. The van der Waals surface area contributed by atoms with E-state index in [2.05, 4.69) is 29.5 Å². The van der Waals surface area contributed by atoms with Crippen molar-refractivity contribution >= 4 is 17.4 Å². The second-order valence-corrected chi connectivity index (χ2v) is 4.63. The Kier molecular flexibility index (Phi) is 6.14. The molecule has 0 spiro atoms. The Morgan fingerprint density at radius 2 is 2.22 bits per heavy atom. The van der Waals surface area contributed by atoms with Gasteiger partial charge in [0.15, 0.2) is 0 Å². The molecular formula is C13H22N4O. The van der Waals surface area contributed by atoms with Crippen molar-refractivity contribution in [1.82, 2.24) is 4.98 Å². The maximum absolute atomic E-state index is 11.3. The Bertz CT molecular complexity index is 362. The first-order valence-corrected chi connectivity index (χ1v) is 6.31. The first kappa shape index (κ1) is 14.4. The smallest absolute Gasteiger partial charge is 0.226 e. The van der Waals surface area contributed by atoms with Gasteiger partial charge in [-0.2, -0.15) is 0 Å². The van der Waals surface area contributed by atoms with Gasteiger partial charge in [0.1, 0.15) is 5.82 Å². The van der Waals surface area contributed by atoms with Gasteiger partial charge in [0.05, 0.1) is 11.9 Å². The number of nitrogens with two attached hydrogens (primary N) is 1. The lowest BCUT2D eigenvalue weighted by molar-refractivity contribution is -0.116. The molecule has 0 atom stereocenters. The van der Waals surface area contributed by atoms with Crippen LogP contribution >= 0.6 is 0 Å². The lowest BCUT2D eigenvalue weighted by Gasteiger charge is -2.09. The summed E-state index contributed by atoms with van der Waals surface area (Å²) in [5.41, 5.74) is 6.26. The van der Waals surface area contributed by atoms with Gasteiger partial charge >= 0.3 is 0 Å². The number of aromatic nitrogens is 1. The van der Waals surface area contributed by atoms with E-state index in [1.54, 1.807) is 12.3 Å². The van der Waals surface area contributed by atoms with E-state index in [1.807, 2.05) is 6.07 Å². The van der Waals surface area contributed by atoms with Gasteiger partial charge in [0, 0.05) is 19.5 Å². The fourth-order valence-corrected chi connectivity index (χ4v) is 1.41. The molecule has 0 saturated heterocycles. The maximum atomic E-state index is 11.3. The monoisotopic (exact) mass is 250 g/mol. The number of hydrogen-bond donors (Lipinski definition) is 3. The molecule has 0 bridgehead atoms. The van der Waals surface area contributed by atoms with Crippen LogP contribution in [0.25, 0.3) is 0 Å². The highest BCUT2D eigenvalue weighted by Gasteiger charge is 2.01. The Balaban J connectivity index is 2.40. The summed E-state index contributed by atoms with van der Waals surface area (Å²) in [7, 11) is 0. The topological polar surface area (TPSA) is 80.0 Å². The standard InChI is InChI=1S/C13H22N4O/c1-10(2)6-8-15-11-3-4-12(16-9-11)17-13(18)5-7-14/h3-4,9-10,15H,5-8,14H2,1-2H3,(H,16,17,18). The number of nitrogens with one attached hydrogen (secondary N) is 2. The largest absolute Gasteiger partial charge is 0.384 e. The minimum absolute atomic E-state index is 0.106. The Morgan fingerprint density at radius 3 is 2.78 bits per heavy atom. The quantitative estimate of drug-likeness (QED) is 0.689. The van der Waals surface area contributed by atoms with Gasteiger partial charge < -0.3 is 16.4 Å². The molecule has 0 aliphatic rings. The van der Waals surface area contributed by atoms with E-state index < -0.39 is 0 Å². The third-order valence-corrected chi connectivity index (χ3v) is 2.45. The van der Waals surface area contributed by atoms with Crippen LogP contribution in [0.15, 0.2) is 18.3 Å². The van der Waals surface area contributed by atoms with E-state index in [-0.39, 0.29) is 5.91 Å². The summed E-state index contributed by atoms with van der Waals surface area (Å²) in [6.07, 6.45) is 3.16. The van der Waals surface area contributed by atoms with E-state index in [9.17, 15) is 4.79 Å². The Hall–Kier alpha value is -1.62. The van der Waals surface area contributed by atoms with Crippen LogP contribution in [0.5, 0.6) is 0 Å². The number of pyridine rings is 1. The fourth-order valence-electron chi connectivity index (χ4n) is 1.41. The molecule has 5 heteroatoms. The second kappa shape index (κ2) is 7.66. The molecule has 100 valence electrons. The lowest BCUT2D eigenvalue weighted by Crippen LogP contribution is -2.16. The van der Waals surface area contributed by atoms with Gasteiger partial charge in [0.25, 0.3) is 0 Å². The summed E-state index contributed by atoms with van der Waals surface area (Å²) in [6, 6.07) is 3.69. The molecule has 0 radical (unpaired) electrons. The predicted molar refractivity (Wildman–Crippen MR) is 74.5 cm³/mol. The lowest BCUT2D eigenvalue weighted by atomic mass is 10.1. The second-order valence-electron chi connectivity index (χ2n) is 4.63. The zero-order valence-corrected chi connectivity index (χ0v) is 11.1. The fraction of sp³-hybridized carbons (Fsp3) is 0.538. The first-order chi connectivity index (χ1) is 8.61. The van der Waals surface area contributed by atoms with Crippen LogP contribution in [-0.2, 0) is 4.79 Å². The number of carbonyl (C=O) groups is 1. The number of carbonyl (C=O) groups excluding carboxylic acids is 1. The Labute approximate surface area is 108 Å². The molecule has 1 amide bonds. The van der Waals surface area contributed by atoms with Crippen molar-refractivity contribution < 1.29 is 4.79 Å². The highest BCUT2D eigenvalue weighted by atomic mass is 16.1. The minimum atomic E-state index is -0.106. The van der Waals surface area contributed by atoms with Gasteiger partial charge in [-0.15, -0.1) is 0 Å². The zero-order chi connectivity index (χ0) is 13.4. The summed E-state index contributed by atoms with van der Waals surface area (Å²) in [5.74, 6) is 1.13. The van der Waals surface area contributed by atoms with Crippen molar-refractivity contribution in [3.63, 3.8) is 0 Å². The molecule has 0 fully saturated rings. The van der Waals surface area contributed by atoms with Crippen molar-refractivity contribution in [3.8, 4) is 0 Å². The molecular weight excluding hydrogens is 228 g/mol. The van der Waals surface area contributed by atoms with Gasteiger partial charge in [0.2, 0.25) is 5.91 Å². The van der Waals surface area contributed by atoms with Crippen LogP contribution in [0.1, 0.15) is 26.7 Å². The number of anilines is 2. The average molecular weight is 250 g/mol. The van der Waals surface area contributed by atoms with Gasteiger partial charge in [-0.05, 0) is 24.5 Å². The van der Waals surface area contributed by atoms with Crippen molar-refractivity contribution in [2.75, 3.05) is 23.7 Å². The van der Waals surface area contributed by atoms with Crippen molar-refractivity contribution in [2.24, 2.45) is 11.7 Å². The summed E-state index contributed by atoms with van der Waals surface area (Å²) in [6.45, 7) is 5.66. The highest BCUT2D eigenvalue weighted by molar-refractivity contribution is 5.89. The summed E-state index contributed by atoms with van der Waals surface area (Å²) in [4.78, 5) is 15.5. The number of amides is 1. The molecule has 4 N–H and O–H groups in total. The molecule has 0 aliphatic heterocycles. The molecule has 1 rings (SSSR count). The Morgan fingerprint density at radius 1 is 1.44 bits per heavy atom. The van der Waals surface area contributed by atoms with Crippen LogP contribution in [0.2, 0.25) is 0 Å². The van der Waals surface area contributed by atoms with E-state index in [1.165, 1.54) is 0 Å². The van der Waals surface area contributed by atoms with Gasteiger partial charge in [-0.1, -0.05) is 13.8 Å². The molecule has 0 saturated carbocycles. The number of nitrogens with zero attached hydrogens (tertiary/aromatic N) is 1. The van der Waals surface area contributed by atoms with Crippen LogP contribution in [-0.4, -0.2) is 24.0 Å². The number of hydrogen-bond acceptors (Lipinski definition) is 4. The molecule has 1 heterocycles. The normalized spacial score (nSPS) is 10.4. The molecule has 0 unspecified atom stereocenters. The summed E-state index contributed by atoms with van der Waals surface area (Å²) < 4.78 is 0. The highest BCUT2D eigenvalue weighted by Crippen LogP contribution is 2.10. The molecule has 5 nitrogen and oxygen atoms in total. The van der Waals surface area contributed by atoms with E-state index in [0.717, 1.165) is 18.7 Å². The van der Waals surface area contributed by atoms with Gasteiger partial charge in [-0.3, -0.25) is 4.79 Å². The van der Waals surface area contributed by atoms with E-state index in [0.29, 0.717) is 24.7 Å². The third-order valence-electron chi connectivity index (χ3n) is 2.45. The molecule has 0 aliphatic carbocycles. The molecule has 1 aromatic heterocycles. The van der Waals surface area contributed by atoms with Crippen molar-refractivity contribution in [3.05, 3.63) is 18.3 Å². The third kappa shape index (κ3) is 5.63. The van der Waals surface area contributed by atoms with Crippen molar-refractivity contribution in [1.29, 1.82) is 0 Å². The summed E-state index contributed by atoms with van der Waals surface area (Å²) in [5, 5.41) is 5.97. The summed E-state index contributed by atoms with van der Waals surface area (Å²) >= 11 is 0. The molecule has 1 aromatic rings. The van der Waals surface area contributed by atoms with E-state index >= 15 is 0 Å². The van der Waals surface area contributed by atoms with Crippen molar-refractivity contribution in [2.45, 2.75) is 26.7 Å². The van der Waals surface area contributed by atoms with E-state index in [4.69, 9.17) is 5.73 Å². The van der Waals surface area contributed by atoms with Crippen LogP contribution in [0.3, 0.4) is 0 Å². The van der Waals surface area contributed by atoms with Crippen LogP contribution < -0.4 is 16.4 Å².